The summed E-state index contributed by atoms with van der Waals surface area (Å²) in [6.07, 6.45) is 0.128. The van der Waals surface area contributed by atoms with Crippen molar-refractivity contribution in [3.63, 3.8) is 0 Å². The highest BCUT2D eigenvalue weighted by Gasteiger charge is 2.29. The lowest BCUT2D eigenvalue weighted by atomic mass is 10.3. The van der Waals surface area contributed by atoms with Crippen molar-refractivity contribution >= 4 is 21.4 Å². The molecule has 0 radical (unpaired) electrons. The largest absolute Gasteiger partial charge is 0.341 e. The minimum atomic E-state index is -4.71. The van der Waals surface area contributed by atoms with Crippen molar-refractivity contribution in [2.45, 2.75) is 24.0 Å². The predicted molar refractivity (Wildman–Crippen MR) is 58.6 cm³/mol. The molecule has 1 rings (SSSR count). The summed E-state index contributed by atoms with van der Waals surface area (Å²) in [5, 5.41) is 2.27. The number of para-hydroxylation sites is 1. The van der Waals surface area contributed by atoms with Crippen LogP contribution >= 0.6 is 0 Å². The molecule has 0 aliphatic heterocycles. The molecule has 94 valence electrons. The van der Waals surface area contributed by atoms with E-state index < -0.39 is 26.4 Å². The van der Waals surface area contributed by atoms with Crippen LogP contribution in [0.1, 0.15) is 13.3 Å². The average Bonchev–Trinajstić information content (AvgIpc) is 2.29. The number of hydrogen-bond acceptors (Lipinski definition) is 3. The first-order valence-electron chi connectivity index (χ1n) is 4.80. The molecule has 0 atom stereocenters. The normalized spacial score (nSPS) is 11.5. The molecule has 1 N–H and O–H groups in total. The van der Waals surface area contributed by atoms with E-state index in [1.54, 1.807) is 6.92 Å². The Labute approximate surface area is 97.6 Å². The van der Waals surface area contributed by atoms with Crippen molar-refractivity contribution in [1.82, 2.24) is 0 Å². The van der Waals surface area contributed by atoms with Gasteiger partial charge in [-0.25, -0.2) is 8.42 Å². The van der Waals surface area contributed by atoms with Gasteiger partial charge in [0.05, 0.1) is 10.6 Å². The fourth-order valence-corrected chi connectivity index (χ4v) is 2.04. The third-order valence-corrected chi connectivity index (χ3v) is 3.46. The number of anilines is 1. The van der Waals surface area contributed by atoms with Gasteiger partial charge < -0.3 is 5.32 Å². The highest BCUT2D eigenvalue weighted by atomic mass is 32.2. The Morgan fingerprint density at radius 2 is 1.94 bits per heavy atom. The Morgan fingerprint density at radius 1 is 1.35 bits per heavy atom. The molecule has 0 fully saturated rings. The van der Waals surface area contributed by atoms with Crippen molar-refractivity contribution in [3.05, 3.63) is 24.3 Å². The Balaban J connectivity index is 3.22. The molecule has 1 aromatic rings. The quantitative estimate of drug-likeness (QED) is 0.904. The van der Waals surface area contributed by atoms with Gasteiger partial charge in [-0.2, -0.15) is 8.78 Å². The SMILES string of the molecule is CCC(=O)Nc1ccccc1S(=O)(=O)C(F)F. The molecule has 0 spiro atoms. The topological polar surface area (TPSA) is 63.2 Å². The van der Waals surface area contributed by atoms with Gasteiger partial charge in [-0.15, -0.1) is 0 Å². The molecule has 0 saturated heterocycles. The lowest BCUT2D eigenvalue weighted by Crippen LogP contribution is -2.17. The van der Waals surface area contributed by atoms with Crippen LogP contribution in [0.4, 0.5) is 14.5 Å². The predicted octanol–water partition coefficient (Wildman–Crippen LogP) is 2.03. The van der Waals surface area contributed by atoms with Crippen molar-refractivity contribution in [2.75, 3.05) is 5.32 Å². The third-order valence-electron chi connectivity index (χ3n) is 2.02. The number of alkyl halides is 2. The van der Waals surface area contributed by atoms with Gasteiger partial charge in [0.1, 0.15) is 0 Å². The molecule has 0 unspecified atom stereocenters. The number of carbonyl (C=O) groups excluding carboxylic acids is 1. The van der Waals surface area contributed by atoms with E-state index in [9.17, 15) is 22.0 Å². The first-order valence-corrected chi connectivity index (χ1v) is 6.35. The van der Waals surface area contributed by atoms with Gasteiger partial charge in [0.2, 0.25) is 15.7 Å². The highest BCUT2D eigenvalue weighted by molar-refractivity contribution is 7.91. The van der Waals surface area contributed by atoms with Crippen molar-refractivity contribution in [3.8, 4) is 0 Å². The maximum Gasteiger partial charge on any atom is 0.341 e. The minimum Gasteiger partial charge on any atom is -0.325 e. The molecular weight excluding hydrogens is 252 g/mol. The van der Waals surface area contributed by atoms with Crippen LogP contribution in [0.2, 0.25) is 0 Å². The Morgan fingerprint density at radius 3 is 2.47 bits per heavy atom. The van der Waals surface area contributed by atoms with E-state index in [0.29, 0.717) is 0 Å². The number of carbonyl (C=O) groups is 1. The van der Waals surface area contributed by atoms with Crippen LogP contribution in [-0.4, -0.2) is 20.1 Å². The maximum atomic E-state index is 12.4. The molecule has 7 heteroatoms. The van der Waals surface area contributed by atoms with Crippen LogP contribution in [0.3, 0.4) is 0 Å². The van der Waals surface area contributed by atoms with Gasteiger partial charge >= 0.3 is 5.76 Å². The van der Waals surface area contributed by atoms with E-state index in [4.69, 9.17) is 0 Å². The Kier molecular flexibility index (Phi) is 4.17. The maximum absolute atomic E-state index is 12.4. The van der Waals surface area contributed by atoms with Crippen LogP contribution in [0.25, 0.3) is 0 Å². The number of amides is 1. The van der Waals surface area contributed by atoms with Crippen molar-refractivity contribution in [2.24, 2.45) is 0 Å². The van der Waals surface area contributed by atoms with Crippen LogP contribution in [0.15, 0.2) is 29.2 Å². The summed E-state index contributed by atoms with van der Waals surface area (Å²) in [4.78, 5) is 10.6. The summed E-state index contributed by atoms with van der Waals surface area (Å²) in [5.41, 5.74) is -0.125. The smallest absolute Gasteiger partial charge is 0.325 e. The zero-order valence-corrected chi connectivity index (χ0v) is 9.80. The van der Waals surface area contributed by atoms with Gasteiger partial charge in [-0.1, -0.05) is 19.1 Å². The van der Waals surface area contributed by atoms with Crippen molar-refractivity contribution < 1.29 is 22.0 Å². The molecule has 4 nitrogen and oxygen atoms in total. The van der Waals surface area contributed by atoms with E-state index in [1.807, 2.05) is 0 Å². The first kappa shape index (κ1) is 13.6. The second kappa shape index (κ2) is 5.22. The summed E-state index contributed by atoms with van der Waals surface area (Å²) >= 11 is 0. The van der Waals surface area contributed by atoms with Gasteiger partial charge in [-0.3, -0.25) is 4.79 Å². The van der Waals surface area contributed by atoms with Crippen LogP contribution in [0.5, 0.6) is 0 Å². The Bertz CT molecular complexity index is 514. The Hall–Kier alpha value is -1.50. The summed E-state index contributed by atoms with van der Waals surface area (Å²) in [6, 6.07) is 5.07. The second-order valence-electron chi connectivity index (χ2n) is 3.20. The molecule has 0 bridgehead atoms. The molecule has 17 heavy (non-hydrogen) atoms. The van der Waals surface area contributed by atoms with E-state index in [2.05, 4.69) is 5.32 Å². The fourth-order valence-electron chi connectivity index (χ4n) is 1.15. The molecule has 0 aliphatic rings. The lowest BCUT2D eigenvalue weighted by Gasteiger charge is -2.10. The molecule has 0 aromatic heterocycles. The van der Waals surface area contributed by atoms with Crippen LogP contribution < -0.4 is 5.32 Å². The number of sulfone groups is 1. The van der Waals surface area contributed by atoms with Crippen LogP contribution in [-0.2, 0) is 14.6 Å². The number of nitrogens with one attached hydrogen (secondary N) is 1. The average molecular weight is 263 g/mol. The zero-order chi connectivity index (χ0) is 13.1. The zero-order valence-electron chi connectivity index (χ0n) is 8.98. The molecule has 0 heterocycles. The lowest BCUT2D eigenvalue weighted by molar-refractivity contribution is -0.115. The van der Waals surface area contributed by atoms with Crippen LogP contribution in [0, 0.1) is 0 Å². The third kappa shape index (κ3) is 3.00. The van der Waals surface area contributed by atoms with E-state index in [1.165, 1.54) is 18.2 Å². The highest BCUT2D eigenvalue weighted by Crippen LogP contribution is 2.26. The summed E-state index contributed by atoms with van der Waals surface area (Å²) in [7, 11) is -4.71. The second-order valence-corrected chi connectivity index (χ2v) is 5.09. The number of halogens is 2. The van der Waals surface area contributed by atoms with Gasteiger partial charge in [0, 0.05) is 6.42 Å². The first-order chi connectivity index (χ1) is 7.89. The van der Waals surface area contributed by atoms with Crippen molar-refractivity contribution in [1.29, 1.82) is 0 Å². The van der Waals surface area contributed by atoms with Gasteiger partial charge in [-0.05, 0) is 12.1 Å². The van der Waals surface area contributed by atoms with Gasteiger partial charge in [0.15, 0.2) is 0 Å². The monoisotopic (exact) mass is 263 g/mol. The number of hydrogen-bond donors (Lipinski definition) is 1. The number of benzene rings is 1. The van der Waals surface area contributed by atoms with E-state index in [0.717, 1.165) is 6.07 Å². The van der Waals surface area contributed by atoms with Gasteiger partial charge in [0.25, 0.3) is 0 Å². The fraction of sp³-hybridized carbons (Fsp3) is 0.300. The van der Waals surface area contributed by atoms with E-state index in [-0.39, 0.29) is 12.1 Å². The van der Waals surface area contributed by atoms with E-state index >= 15 is 0 Å². The number of rotatable bonds is 4. The minimum absolute atomic E-state index is 0.125. The summed E-state index contributed by atoms with van der Waals surface area (Å²) in [6.45, 7) is 1.57. The molecular formula is C10H11F2NO3S. The molecule has 1 aromatic carbocycles. The molecule has 1 amide bonds. The molecule has 0 aliphatic carbocycles. The standard InChI is InChI=1S/C10H11F2NO3S/c1-2-9(14)13-7-5-3-4-6-8(7)17(15,16)10(11)12/h3-6,10H,2H2,1H3,(H,13,14). The summed E-state index contributed by atoms with van der Waals surface area (Å²) < 4.78 is 47.4. The molecule has 0 saturated carbocycles. The summed E-state index contributed by atoms with van der Waals surface area (Å²) in [5.74, 6) is -3.95.